The fourth-order valence-electron chi connectivity index (χ4n) is 4.51. The van der Waals surface area contributed by atoms with Gasteiger partial charge in [-0.15, -0.1) is 0 Å². The standard InChI is InChI=1S/C23H29N3O3/c1-28-13-10-24-23(27)20-14-17-6-3-4-9-21(17)26-12-11-25(16-22(20)26)18-7-5-8-19(15-18)29-2/h3-9,15,20,22H,10-14,16H2,1-2H3,(H,24,27)/t20-,22+/m1/s1. The number of nitrogens with zero attached hydrogens (tertiary/aromatic N) is 2. The molecular weight excluding hydrogens is 366 g/mol. The number of amides is 1. The van der Waals surface area contributed by atoms with E-state index in [0.29, 0.717) is 13.2 Å². The molecule has 1 saturated heterocycles. The van der Waals surface area contributed by atoms with E-state index in [1.807, 2.05) is 12.1 Å². The van der Waals surface area contributed by atoms with Gasteiger partial charge >= 0.3 is 0 Å². The summed E-state index contributed by atoms with van der Waals surface area (Å²) in [6.45, 7) is 3.68. The molecule has 29 heavy (non-hydrogen) atoms. The first-order chi connectivity index (χ1) is 14.2. The molecule has 0 saturated carbocycles. The molecule has 2 aromatic carbocycles. The molecule has 4 rings (SSSR count). The number of anilines is 2. The Balaban J connectivity index is 1.59. The van der Waals surface area contributed by atoms with Crippen LogP contribution in [0.4, 0.5) is 11.4 Å². The summed E-state index contributed by atoms with van der Waals surface area (Å²) in [5.41, 5.74) is 3.66. The molecule has 1 amide bonds. The van der Waals surface area contributed by atoms with Crippen molar-refractivity contribution in [2.75, 3.05) is 56.8 Å². The summed E-state index contributed by atoms with van der Waals surface area (Å²) in [5.74, 6) is 0.877. The van der Waals surface area contributed by atoms with Gasteiger partial charge in [0.2, 0.25) is 5.91 Å². The van der Waals surface area contributed by atoms with Gasteiger partial charge in [-0.2, -0.15) is 0 Å². The van der Waals surface area contributed by atoms with Gasteiger partial charge in [0.1, 0.15) is 5.75 Å². The van der Waals surface area contributed by atoms with Gasteiger partial charge < -0.3 is 24.6 Å². The quantitative estimate of drug-likeness (QED) is 0.761. The molecule has 1 fully saturated rings. The molecule has 2 aliphatic rings. The second kappa shape index (κ2) is 8.74. The van der Waals surface area contributed by atoms with Gasteiger partial charge in [0.05, 0.1) is 25.7 Å². The Morgan fingerprint density at radius 3 is 2.83 bits per heavy atom. The largest absolute Gasteiger partial charge is 0.497 e. The molecule has 6 heteroatoms. The minimum absolute atomic E-state index is 0.0878. The number of hydrogen-bond donors (Lipinski definition) is 1. The van der Waals surface area contributed by atoms with Crippen LogP contribution < -0.4 is 19.9 Å². The molecule has 6 nitrogen and oxygen atoms in total. The third-order valence-electron chi connectivity index (χ3n) is 5.98. The average Bonchev–Trinajstić information content (AvgIpc) is 2.78. The summed E-state index contributed by atoms with van der Waals surface area (Å²) in [6.07, 6.45) is 0.766. The predicted molar refractivity (Wildman–Crippen MR) is 115 cm³/mol. The van der Waals surface area contributed by atoms with Crippen molar-refractivity contribution in [1.82, 2.24) is 5.32 Å². The molecule has 0 aliphatic carbocycles. The number of carbonyl (C=O) groups is 1. The molecular formula is C23H29N3O3. The van der Waals surface area contributed by atoms with E-state index in [2.05, 4.69) is 51.5 Å². The summed E-state index contributed by atoms with van der Waals surface area (Å²) in [7, 11) is 3.34. The summed E-state index contributed by atoms with van der Waals surface area (Å²) in [6, 6.07) is 16.8. The lowest BCUT2D eigenvalue weighted by Gasteiger charge is -2.49. The first kappa shape index (κ1) is 19.6. The minimum Gasteiger partial charge on any atom is -0.497 e. The Bertz CT molecular complexity index is 857. The maximum absolute atomic E-state index is 13.0. The van der Waals surface area contributed by atoms with Crippen LogP contribution in [0.15, 0.2) is 48.5 Å². The highest BCUT2D eigenvalue weighted by Gasteiger charge is 2.41. The average molecular weight is 396 g/mol. The lowest BCUT2D eigenvalue weighted by Crippen LogP contribution is -2.61. The number of carbonyl (C=O) groups excluding carboxylic acids is 1. The van der Waals surface area contributed by atoms with E-state index in [1.165, 1.54) is 11.3 Å². The van der Waals surface area contributed by atoms with Crippen molar-refractivity contribution < 1.29 is 14.3 Å². The molecule has 0 bridgehead atoms. The van der Waals surface area contributed by atoms with Crippen LogP contribution in [0, 0.1) is 5.92 Å². The van der Waals surface area contributed by atoms with Crippen molar-refractivity contribution in [2.24, 2.45) is 5.92 Å². The molecule has 0 spiro atoms. The third-order valence-corrected chi connectivity index (χ3v) is 5.98. The number of ether oxygens (including phenoxy) is 2. The smallest absolute Gasteiger partial charge is 0.225 e. The lowest BCUT2D eigenvalue weighted by molar-refractivity contribution is -0.126. The summed E-state index contributed by atoms with van der Waals surface area (Å²) in [4.78, 5) is 17.8. The van der Waals surface area contributed by atoms with E-state index >= 15 is 0 Å². The van der Waals surface area contributed by atoms with Crippen LogP contribution in [-0.4, -0.2) is 59.0 Å². The zero-order valence-electron chi connectivity index (χ0n) is 17.1. The van der Waals surface area contributed by atoms with Crippen LogP contribution in [-0.2, 0) is 16.0 Å². The summed E-state index contributed by atoms with van der Waals surface area (Å²) in [5, 5.41) is 3.06. The number of methoxy groups -OCH3 is 2. The van der Waals surface area contributed by atoms with Crippen molar-refractivity contribution in [1.29, 1.82) is 0 Å². The fraction of sp³-hybridized carbons (Fsp3) is 0.435. The number of rotatable bonds is 6. The maximum Gasteiger partial charge on any atom is 0.225 e. The molecule has 0 radical (unpaired) electrons. The van der Waals surface area contributed by atoms with Crippen LogP contribution in [0.2, 0.25) is 0 Å². The number of hydrogen-bond acceptors (Lipinski definition) is 5. The Kier molecular flexibility index (Phi) is 5.90. The molecule has 154 valence electrons. The van der Waals surface area contributed by atoms with Gasteiger partial charge in [0.25, 0.3) is 0 Å². The zero-order chi connectivity index (χ0) is 20.2. The number of nitrogens with one attached hydrogen (secondary N) is 1. The van der Waals surface area contributed by atoms with E-state index < -0.39 is 0 Å². The minimum atomic E-state index is -0.0878. The van der Waals surface area contributed by atoms with Crippen molar-refractivity contribution >= 4 is 17.3 Å². The topological polar surface area (TPSA) is 54.0 Å². The van der Waals surface area contributed by atoms with Gasteiger partial charge in [-0.05, 0) is 30.2 Å². The Hall–Kier alpha value is -2.73. The highest BCUT2D eigenvalue weighted by atomic mass is 16.5. The molecule has 2 aliphatic heterocycles. The van der Waals surface area contributed by atoms with Gasteiger partial charge in [-0.1, -0.05) is 24.3 Å². The van der Waals surface area contributed by atoms with Crippen LogP contribution in [0.1, 0.15) is 5.56 Å². The van der Waals surface area contributed by atoms with Gasteiger partial charge in [0, 0.05) is 50.7 Å². The van der Waals surface area contributed by atoms with Gasteiger partial charge in [-0.3, -0.25) is 4.79 Å². The Morgan fingerprint density at radius 1 is 1.14 bits per heavy atom. The highest BCUT2D eigenvalue weighted by molar-refractivity contribution is 5.82. The molecule has 2 atom stereocenters. The SMILES string of the molecule is COCCNC(=O)[C@@H]1Cc2ccccc2N2CCN(c3cccc(OC)c3)C[C@@H]12. The summed E-state index contributed by atoms with van der Waals surface area (Å²) < 4.78 is 10.5. The lowest BCUT2D eigenvalue weighted by atomic mass is 9.83. The normalized spacial score (nSPS) is 20.6. The van der Waals surface area contributed by atoms with E-state index in [9.17, 15) is 4.79 Å². The van der Waals surface area contributed by atoms with Crippen LogP contribution in [0.3, 0.4) is 0 Å². The number of fused-ring (bicyclic) bond motifs is 3. The second-order valence-electron chi connectivity index (χ2n) is 7.63. The van der Waals surface area contributed by atoms with E-state index in [1.54, 1.807) is 14.2 Å². The van der Waals surface area contributed by atoms with Gasteiger partial charge in [-0.25, -0.2) is 0 Å². The number of benzene rings is 2. The molecule has 2 aromatic rings. The van der Waals surface area contributed by atoms with E-state index in [-0.39, 0.29) is 17.9 Å². The molecule has 0 unspecified atom stereocenters. The highest BCUT2D eigenvalue weighted by Crippen LogP contribution is 2.37. The maximum atomic E-state index is 13.0. The number of para-hydroxylation sites is 1. The third kappa shape index (κ3) is 4.03. The first-order valence-electron chi connectivity index (χ1n) is 10.2. The van der Waals surface area contributed by atoms with Crippen molar-refractivity contribution in [3.05, 3.63) is 54.1 Å². The molecule has 0 aromatic heterocycles. The fourth-order valence-corrected chi connectivity index (χ4v) is 4.51. The second-order valence-corrected chi connectivity index (χ2v) is 7.63. The Labute approximate surface area is 172 Å². The van der Waals surface area contributed by atoms with Crippen molar-refractivity contribution in [3.63, 3.8) is 0 Å². The monoisotopic (exact) mass is 395 g/mol. The zero-order valence-corrected chi connectivity index (χ0v) is 17.1. The van der Waals surface area contributed by atoms with E-state index in [0.717, 1.165) is 37.5 Å². The molecule has 1 N–H and O–H groups in total. The number of piperazine rings is 1. The van der Waals surface area contributed by atoms with Crippen LogP contribution in [0.25, 0.3) is 0 Å². The van der Waals surface area contributed by atoms with Crippen molar-refractivity contribution in [3.8, 4) is 5.75 Å². The van der Waals surface area contributed by atoms with E-state index in [4.69, 9.17) is 9.47 Å². The van der Waals surface area contributed by atoms with Crippen LogP contribution >= 0.6 is 0 Å². The van der Waals surface area contributed by atoms with Crippen LogP contribution in [0.5, 0.6) is 5.75 Å². The molecule has 2 heterocycles. The Morgan fingerprint density at radius 2 is 2.00 bits per heavy atom. The van der Waals surface area contributed by atoms with Gasteiger partial charge in [0.15, 0.2) is 0 Å². The predicted octanol–water partition coefficient (Wildman–Crippen LogP) is 2.33. The van der Waals surface area contributed by atoms with Crippen molar-refractivity contribution in [2.45, 2.75) is 12.5 Å². The summed E-state index contributed by atoms with van der Waals surface area (Å²) >= 11 is 0. The first-order valence-corrected chi connectivity index (χ1v) is 10.2.